The maximum absolute atomic E-state index is 12.8. The average Bonchev–Trinajstić information content (AvgIpc) is 3.41. The molecule has 1 N–H and O–H groups in total. The molecule has 0 atom stereocenters. The minimum atomic E-state index is -3.58. The number of Topliss-reactive ketones (excluding diaryl/α,β-unsaturated/α-hetero) is 1. The molecule has 1 fully saturated rings. The van der Waals surface area contributed by atoms with Crippen LogP contribution in [-0.4, -0.2) is 26.6 Å². The summed E-state index contributed by atoms with van der Waals surface area (Å²) in [5.74, 6) is 0.0192. The molecule has 1 aliphatic carbocycles. The van der Waals surface area contributed by atoms with Crippen LogP contribution >= 0.6 is 0 Å². The van der Waals surface area contributed by atoms with Crippen LogP contribution in [0.25, 0.3) is 0 Å². The van der Waals surface area contributed by atoms with Crippen molar-refractivity contribution in [1.29, 1.82) is 0 Å². The van der Waals surface area contributed by atoms with Gasteiger partial charge in [-0.3, -0.25) is 9.52 Å². The van der Waals surface area contributed by atoms with Gasteiger partial charge in [0.15, 0.2) is 5.78 Å². The third-order valence-corrected chi connectivity index (χ3v) is 5.08. The SMILES string of the molecule is O=C(c1ccc(NS(=O)(=O)CCOc2ccc(F)cc2)cc1)C1CC1. The van der Waals surface area contributed by atoms with Gasteiger partial charge >= 0.3 is 0 Å². The Kier molecular flexibility index (Phi) is 5.03. The van der Waals surface area contributed by atoms with Crippen LogP contribution in [0, 0.1) is 11.7 Å². The number of benzene rings is 2. The van der Waals surface area contributed by atoms with Crippen molar-refractivity contribution in [1.82, 2.24) is 0 Å². The average molecular weight is 363 g/mol. The second kappa shape index (κ2) is 7.23. The van der Waals surface area contributed by atoms with E-state index in [1.807, 2.05) is 0 Å². The fraction of sp³-hybridized carbons (Fsp3) is 0.278. The Labute approximate surface area is 145 Å². The summed E-state index contributed by atoms with van der Waals surface area (Å²) in [5.41, 5.74) is 0.999. The standard InChI is InChI=1S/C18H18FNO4S/c19-15-5-9-17(10-6-15)24-11-12-25(22,23)20-16-7-3-14(4-8-16)18(21)13-1-2-13/h3-10,13,20H,1-2,11-12H2. The minimum absolute atomic E-state index is 0.0563. The van der Waals surface area contributed by atoms with Gasteiger partial charge in [0.1, 0.15) is 23.9 Å². The lowest BCUT2D eigenvalue weighted by atomic mass is 10.1. The molecular weight excluding hydrogens is 345 g/mol. The highest BCUT2D eigenvalue weighted by molar-refractivity contribution is 7.92. The molecule has 0 aliphatic heterocycles. The fourth-order valence-electron chi connectivity index (χ4n) is 2.31. The summed E-state index contributed by atoms with van der Waals surface area (Å²) in [5, 5.41) is 0. The van der Waals surface area contributed by atoms with E-state index >= 15 is 0 Å². The molecule has 0 aromatic heterocycles. The monoisotopic (exact) mass is 363 g/mol. The van der Waals surface area contributed by atoms with E-state index in [0.29, 0.717) is 17.0 Å². The van der Waals surface area contributed by atoms with Crippen molar-refractivity contribution in [2.75, 3.05) is 17.1 Å². The number of rotatable bonds is 8. The van der Waals surface area contributed by atoms with Gasteiger partial charge in [0.25, 0.3) is 0 Å². The summed E-state index contributed by atoms with van der Waals surface area (Å²) < 4.78 is 44.6. The first-order valence-corrected chi connectivity index (χ1v) is 9.61. The Bertz CT molecular complexity index is 844. The zero-order chi connectivity index (χ0) is 17.9. The lowest BCUT2D eigenvalue weighted by molar-refractivity contribution is 0.0967. The van der Waals surface area contributed by atoms with Gasteiger partial charge in [0.2, 0.25) is 10.0 Å². The molecule has 7 heteroatoms. The van der Waals surface area contributed by atoms with Crippen LogP contribution in [-0.2, 0) is 10.0 Å². The summed E-state index contributed by atoms with van der Waals surface area (Å²) in [4.78, 5) is 11.9. The molecule has 0 radical (unpaired) electrons. The van der Waals surface area contributed by atoms with Gasteiger partial charge < -0.3 is 4.74 Å². The first-order chi connectivity index (χ1) is 11.9. The highest BCUT2D eigenvalue weighted by Gasteiger charge is 2.30. The fourth-order valence-corrected chi connectivity index (χ4v) is 3.21. The van der Waals surface area contributed by atoms with E-state index in [4.69, 9.17) is 4.74 Å². The number of sulfonamides is 1. The third kappa shape index (κ3) is 5.03. The summed E-state index contributed by atoms with van der Waals surface area (Å²) in [7, 11) is -3.58. The second-order valence-corrected chi connectivity index (χ2v) is 7.78. The Hall–Kier alpha value is -2.41. The molecule has 2 aromatic rings. The van der Waals surface area contributed by atoms with Gasteiger partial charge in [-0.05, 0) is 61.4 Å². The molecule has 0 spiro atoms. The highest BCUT2D eigenvalue weighted by atomic mass is 32.2. The number of carbonyl (C=O) groups excluding carboxylic acids is 1. The topological polar surface area (TPSA) is 72.5 Å². The van der Waals surface area contributed by atoms with Crippen LogP contribution in [0.2, 0.25) is 0 Å². The van der Waals surface area contributed by atoms with E-state index in [2.05, 4.69) is 4.72 Å². The van der Waals surface area contributed by atoms with Gasteiger partial charge in [0, 0.05) is 17.2 Å². The molecule has 1 aliphatic rings. The van der Waals surface area contributed by atoms with E-state index < -0.39 is 10.0 Å². The summed E-state index contributed by atoms with van der Waals surface area (Å²) in [6, 6.07) is 11.8. The smallest absolute Gasteiger partial charge is 0.236 e. The molecule has 132 valence electrons. The Morgan fingerprint density at radius 3 is 2.32 bits per heavy atom. The molecule has 25 heavy (non-hydrogen) atoms. The van der Waals surface area contributed by atoms with Crippen molar-refractivity contribution in [3.05, 3.63) is 59.9 Å². The predicted octanol–water partition coefficient (Wildman–Crippen LogP) is 3.24. The number of halogens is 1. The van der Waals surface area contributed by atoms with E-state index in [1.54, 1.807) is 24.3 Å². The normalized spacial score (nSPS) is 14.1. The van der Waals surface area contributed by atoms with E-state index in [-0.39, 0.29) is 29.9 Å². The molecule has 0 unspecified atom stereocenters. The number of carbonyl (C=O) groups is 1. The van der Waals surface area contributed by atoms with Crippen molar-refractivity contribution in [2.24, 2.45) is 5.92 Å². The molecule has 5 nitrogen and oxygen atoms in total. The molecule has 3 rings (SSSR count). The van der Waals surface area contributed by atoms with Crippen molar-refractivity contribution in [3.8, 4) is 5.75 Å². The van der Waals surface area contributed by atoms with Gasteiger partial charge in [0.05, 0.1) is 0 Å². The van der Waals surface area contributed by atoms with Crippen LogP contribution < -0.4 is 9.46 Å². The zero-order valence-corrected chi connectivity index (χ0v) is 14.3. The van der Waals surface area contributed by atoms with Gasteiger partial charge in [-0.1, -0.05) is 0 Å². The summed E-state index contributed by atoms with van der Waals surface area (Å²) in [6.45, 7) is -0.0563. The zero-order valence-electron chi connectivity index (χ0n) is 13.4. The predicted molar refractivity (Wildman–Crippen MR) is 92.8 cm³/mol. The van der Waals surface area contributed by atoms with Crippen LogP contribution in [0.3, 0.4) is 0 Å². The van der Waals surface area contributed by atoms with Crippen LogP contribution in [0.5, 0.6) is 5.75 Å². The maximum atomic E-state index is 12.8. The number of ether oxygens (including phenoxy) is 1. The van der Waals surface area contributed by atoms with E-state index in [9.17, 15) is 17.6 Å². The van der Waals surface area contributed by atoms with E-state index in [0.717, 1.165) is 12.8 Å². The molecular formula is C18H18FNO4S. The maximum Gasteiger partial charge on any atom is 0.236 e. The van der Waals surface area contributed by atoms with Gasteiger partial charge in [-0.15, -0.1) is 0 Å². The van der Waals surface area contributed by atoms with Gasteiger partial charge in [-0.2, -0.15) is 0 Å². The number of anilines is 1. The van der Waals surface area contributed by atoms with Gasteiger partial charge in [-0.25, -0.2) is 12.8 Å². The lowest BCUT2D eigenvalue weighted by Crippen LogP contribution is -2.21. The lowest BCUT2D eigenvalue weighted by Gasteiger charge is -2.10. The van der Waals surface area contributed by atoms with Crippen molar-refractivity contribution >= 4 is 21.5 Å². The first kappa shape index (κ1) is 17.4. The highest BCUT2D eigenvalue weighted by Crippen LogP contribution is 2.32. The van der Waals surface area contributed by atoms with Crippen molar-refractivity contribution in [2.45, 2.75) is 12.8 Å². The molecule has 1 saturated carbocycles. The van der Waals surface area contributed by atoms with Crippen molar-refractivity contribution < 1.29 is 22.3 Å². The quantitative estimate of drug-likeness (QED) is 0.731. The number of hydrogen-bond acceptors (Lipinski definition) is 4. The molecule has 0 saturated heterocycles. The van der Waals surface area contributed by atoms with Crippen LogP contribution in [0.1, 0.15) is 23.2 Å². The third-order valence-electron chi connectivity index (χ3n) is 3.83. The largest absolute Gasteiger partial charge is 0.492 e. The second-order valence-electron chi connectivity index (χ2n) is 5.94. The van der Waals surface area contributed by atoms with E-state index in [1.165, 1.54) is 24.3 Å². The summed E-state index contributed by atoms with van der Waals surface area (Å²) >= 11 is 0. The minimum Gasteiger partial charge on any atom is -0.492 e. The molecule has 0 heterocycles. The molecule has 2 aromatic carbocycles. The molecule has 0 amide bonds. The van der Waals surface area contributed by atoms with Crippen LogP contribution in [0.4, 0.5) is 10.1 Å². The Morgan fingerprint density at radius 2 is 1.72 bits per heavy atom. The number of ketones is 1. The Balaban J connectivity index is 1.52. The first-order valence-electron chi connectivity index (χ1n) is 7.96. The van der Waals surface area contributed by atoms with Crippen molar-refractivity contribution in [3.63, 3.8) is 0 Å². The Morgan fingerprint density at radius 1 is 1.08 bits per heavy atom. The number of nitrogens with one attached hydrogen (secondary N) is 1. The molecule has 0 bridgehead atoms. The van der Waals surface area contributed by atoms with Crippen LogP contribution in [0.15, 0.2) is 48.5 Å². The summed E-state index contributed by atoms with van der Waals surface area (Å²) in [6.07, 6.45) is 1.86. The number of hydrogen-bond donors (Lipinski definition) is 1.